The van der Waals surface area contributed by atoms with Gasteiger partial charge in [-0.2, -0.15) is 0 Å². The number of piperazine rings is 1. The SMILES string of the molecule is CC(C)(C)N1CCN(C(=O)CCCCCCN)CC1. The summed E-state index contributed by atoms with van der Waals surface area (Å²) in [6, 6.07) is 0. The molecule has 0 spiro atoms. The van der Waals surface area contributed by atoms with Crippen molar-refractivity contribution in [1.82, 2.24) is 9.80 Å². The summed E-state index contributed by atoms with van der Waals surface area (Å²) in [4.78, 5) is 16.6. The van der Waals surface area contributed by atoms with Gasteiger partial charge < -0.3 is 10.6 Å². The van der Waals surface area contributed by atoms with E-state index in [4.69, 9.17) is 5.73 Å². The molecule has 1 aliphatic heterocycles. The number of amides is 1. The smallest absolute Gasteiger partial charge is 0.222 e. The number of carbonyl (C=O) groups is 1. The fraction of sp³-hybridized carbons (Fsp3) is 0.933. The van der Waals surface area contributed by atoms with Gasteiger partial charge in [0, 0.05) is 38.1 Å². The first-order valence-corrected chi connectivity index (χ1v) is 7.68. The van der Waals surface area contributed by atoms with Crippen LogP contribution in [0.2, 0.25) is 0 Å². The fourth-order valence-corrected chi connectivity index (χ4v) is 2.56. The monoisotopic (exact) mass is 269 g/mol. The highest BCUT2D eigenvalue weighted by Crippen LogP contribution is 2.16. The Morgan fingerprint density at radius 1 is 1.00 bits per heavy atom. The summed E-state index contributed by atoms with van der Waals surface area (Å²) >= 11 is 0. The van der Waals surface area contributed by atoms with Crippen LogP contribution >= 0.6 is 0 Å². The summed E-state index contributed by atoms with van der Waals surface area (Å²) in [6.07, 6.45) is 5.09. The molecule has 1 aliphatic rings. The van der Waals surface area contributed by atoms with Gasteiger partial charge in [-0.05, 0) is 40.2 Å². The Morgan fingerprint density at radius 3 is 2.11 bits per heavy atom. The van der Waals surface area contributed by atoms with E-state index in [9.17, 15) is 4.79 Å². The lowest BCUT2D eigenvalue weighted by molar-refractivity contribution is -0.133. The Morgan fingerprint density at radius 2 is 1.58 bits per heavy atom. The van der Waals surface area contributed by atoms with E-state index >= 15 is 0 Å². The minimum Gasteiger partial charge on any atom is -0.340 e. The quantitative estimate of drug-likeness (QED) is 0.749. The molecule has 19 heavy (non-hydrogen) atoms. The zero-order chi connectivity index (χ0) is 14.3. The Balaban J connectivity index is 2.18. The first-order chi connectivity index (χ1) is 8.95. The third kappa shape index (κ3) is 5.91. The van der Waals surface area contributed by atoms with Crippen LogP contribution in [-0.4, -0.2) is 54.0 Å². The summed E-state index contributed by atoms with van der Waals surface area (Å²) in [5, 5.41) is 0. The zero-order valence-corrected chi connectivity index (χ0v) is 13.0. The van der Waals surface area contributed by atoms with Crippen molar-refractivity contribution in [3.63, 3.8) is 0 Å². The molecule has 0 unspecified atom stereocenters. The van der Waals surface area contributed by atoms with E-state index in [1.807, 2.05) is 4.90 Å². The van der Waals surface area contributed by atoms with Crippen molar-refractivity contribution in [1.29, 1.82) is 0 Å². The molecule has 2 N–H and O–H groups in total. The minimum atomic E-state index is 0.220. The number of hydrogen-bond donors (Lipinski definition) is 1. The van der Waals surface area contributed by atoms with Crippen LogP contribution < -0.4 is 5.73 Å². The van der Waals surface area contributed by atoms with E-state index in [1.54, 1.807) is 0 Å². The van der Waals surface area contributed by atoms with E-state index in [0.717, 1.165) is 58.4 Å². The second-order valence-electron chi connectivity index (χ2n) is 6.49. The molecule has 0 radical (unpaired) electrons. The Labute approximate surface area is 118 Å². The molecule has 1 heterocycles. The molecule has 1 rings (SSSR count). The number of carbonyl (C=O) groups excluding carboxylic acids is 1. The van der Waals surface area contributed by atoms with Crippen molar-refractivity contribution in [3.05, 3.63) is 0 Å². The van der Waals surface area contributed by atoms with Crippen molar-refractivity contribution < 1.29 is 4.79 Å². The molecule has 1 amide bonds. The highest BCUT2D eigenvalue weighted by atomic mass is 16.2. The van der Waals surface area contributed by atoms with Gasteiger partial charge in [-0.1, -0.05) is 12.8 Å². The molecule has 4 heteroatoms. The Bertz CT molecular complexity index is 265. The predicted molar refractivity (Wildman–Crippen MR) is 80.0 cm³/mol. The summed E-state index contributed by atoms with van der Waals surface area (Å²) < 4.78 is 0. The number of unbranched alkanes of at least 4 members (excludes halogenated alkanes) is 3. The van der Waals surface area contributed by atoms with Crippen molar-refractivity contribution in [2.24, 2.45) is 5.73 Å². The fourth-order valence-electron chi connectivity index (χ4n) is 2.56. The van der Waals surface area contributed by atoms with Gasteiger partial charge >= 0.3 is 0 Å². The van der Waals surface area contributed by atoms with E-state index in [-0.39, 0.29) is 5.54 Å². The molecule has 1 saturated heterocycles. The van der Waals surface area contributed by atoms with Crippen LogP contribution in [0.15, 0.2) is 0 Å². The van der Waals surface area contributed by atoms with Gasteiger partial charge in [0.15, 0.2) is 0 Å². The molecule has 0 atom stereocenters. The Hall–Kier alpha value is -0.610. The average Bonchev–Trinajstić information content (AvgIpc) is 2.37. The van der Waals surface area contributed by atoms with Crippen molar-refractivity contribution >= 4 is 5.91 Å². The number of hydrogen-bond acceptors (Lipinski definition) is 3. The van der Waals surface area contributed by atoms with E-state index in [0.29, 0.717) is 12.3 Å². The van der Waals surface area contributed by atoms with Crippen LogP contribution in [0.1, 0.15) is 52.9 Å². The van der Waals surface area contributed by atoms with Gasteiger partial charge in [-0.25, -0.2) is 0 Å². The standard InChI is InChI=1S/C15H31N3O/c1-15(2,3)18-12-10-17(11-13-18)14(19)8-6-4-5-7-9-16/h4-13,16H2,1-3H3. The zero-order valence-electron chi connectivity index (χ0n) is 13.0. The maximum absolute atomic E-state index is 12.1. The van der Waals surface area contributed by atoms with Gasteiger partial charge in [-0.15, -0.1) is 0 Å². The summed E-state index contributed by atoms with van der Waals surface area (Å²) in [5.41, 5.74) is 5.68. The van der Waals surface area contributed by atoms with Crippen LogP contribution in [-0.2, 0) is 4.79 Å². The van der Waals surface area contributed by atoms with Crippen LogP contribution in [0.3, 0.4) is 0 Å². The van der Waals surface area contributed by atoms with Gasteiger partial charge in [-0.3, -0.25) is 9.69 Å². The van der Waals surface area contributed by atoms with E-state index < -0.39 is 0 Å². The lowest BCUT2D eigenvalue weighted by Crippen LogP contribution is -2.54. The molecule has 1 fully saturated rings. The molecule has 0 aromatic heterocycles. The maximum atomic E-state index is 12.1. The van der Waals surface area contributed by atoms with Crippen molar-refractivity contribution in [2.45, 2.75) is 58.4 Å². The van der Waals surface area contributed by atoms with Gasteiger partial charge in [0.2, 0.25) is 5.91 Å². The summed E-state index contributed by atoms with van der Waals surface area (Å²) in [6.45, 7) is 11.3. The van der Waals surface area contributed by atoms with Crippen molar-refractivity contribution in [3.8, 4) is 0 Å². The first kappa shape index (κ1) is 16.4. The molecule has 0 aromatic rings. The van der Waals surface area contributed by atoms with Crippen molar-refractivity contribution in [2.75, 3.05) is 32.7 Å². The molecule has 112 valence electrons. The van der Waals surface area contributed by atoms with E-state index in [2.05, 4.69) is 25.7 Å². The van der Waals surface area contributed by atoms with Gasteiger partial charge in [0.25, 0.3) is 0 Å². The van der Waals surface area contributed by atoms with Gasteiger partial charge in [0.1, 0.15) is 0 Å². The third-order valence-corrected chi connectivity index (χ3v) is 3.93. The third-order valence-electron chi connectivity index (χ3n) is 3.93. The van der Waals surface area contributed by atoms with Crippen LogP contribution in [0.25, 0.3) is 0 Å². The second kappa shape index (κ2) is 7.85. The van der Waals surface area contributed by atoms with Gasteiger partial charge in [0.05, 0.1) is 0 Å². The van der Waals surface area contributed by atoms with Crippen LogP contribution in [0.4, 0.5) is 0 Å². The van der Waals surface area contributed by atoms with E-state index in [1.165, 1.54) is 0 Å². The minimum absolute atomic E-state index is 0.220. The predicted octanol–water partition coefficient (Wildman–Crippen LogP) is 1.84. The Kier molecular flexibility index (Phi) is 6.80. The number of nitrogens with two attached hydrogens (primary N) is 1. The molecular weight excluding hydrogens is 238 g/mol. The number of nitrogens with zero attached hydrogens (tertiary/aromatic N) is 2. The highest BCUT2D eigenvalue weighted by Gasteiger charge is 2.27. The van der Waals surface area contributed by atoms with Crippen LogP contribution in [0, 0.1) is 0 Å². The summed E-state index contributed by atoms with van der Waals surface area (Å²) in [7, 11) is 0. The summed E-state index contributed by atoms with van der Waals surface area (Å²) in [5.74, 6) is 0.335. The largest absolute Gasteiger partial charge is 0.340 e. The normalized spacial score (nSPS) is 17.8. The lowest BCUT2D eigenvalue weighted by atomic mass is 10.0. The number of rotatable bonds is 6. The molecule has 0 aliphatic carbocycles. The maximum Gasteiger partial charge on any atom is 0.222 e. The highest BCUT2D eigenvalue weighted by molar-refractivity contribution is 5.76. The first-order valence-electron chi connectivity index (χ1n) is 7.68. The lowest BCUT2D eigenvalue weighted by Gasteiger charge is -2.42. The molecular formula is C15H31N3O. The molecule has 0 bridgehead atoms. The topological polar surface area (TPSA) is 49.6 Å². The second-order valence-corrected chi connectivity index (χ2v) is 6.49. The average molecular weight is 269 g/mol. The molecule has 4 nitrogen and oxygen atoms in total. The molecule has 0 saturated carbocycles. The van der Waals surface area contributed by atoms with Crippen LogP contribution in [0.5, 0.6) is 0 Å². The molecule has 0 aromatic carbocycles.